The van der Waals surface area contributed by atoms with E-state index in [-0.39, 0.29) is 18.5 Å². The summed E-state index contributed by atoms with van der Waals surface area (Å²) in [7, 11) is 0. The van der Waals surface area contributed by atoms with Gasteiger partial charge in [-0.25, -0.2) is 0 Å². The van der Waals surface area contributed by atoms with Crippen LogP contribution in [0.3, 0.4) is 0 Å². The predicted octanol–water partition coefficient (Wildman–Crippen LogP) is 20.0. The molecule has 0 aromatic rings. The third-order valence-electron chi connectivity index (χ3n) is 15.1. The molecule has 0 aromatic carbocycles. The third-order valence-corrected chi connectivity index (χ3v) is 15.1. The summed E-state index contributed by atoms with van der Waals surface area (Å²) in [5.41, 5.74) is 0. The summed E-state index contributed by atoms with van der Waals surface area (Å²) < 4.78 is 5.48. The van der Waals surface area contributed by atoms with Crippen LogP contribution in [-0.4, -0.2) is 47.4 Å². The van der Waals surface area contributed by atoms with Crippen LogP contribution in [0.4, 0.5) is 0 Å². The van der Waals surface area contributed by atoms with E-state index in [9.17, 15) is 19.8 Å². The Morgan fingerprint density at radius 1 is 0.386 bits per heavy atom. The second kappa shape index (κ2) is 60.2. The molecule has 0 aliphatic carbocycles. The fourth-order valence-electron chi connectivity index (χ4n) is 10.2. The summed E-state index contributed by atoms with van der Waals surface area (Å²) in [6.45, 7) is 4.96. The number of unbranched alkanes of at least 4 members (excludes halogenated alkanes) is 47. The van der Waals surface area contributed by atoms with Crippen molar-refractivity contribution < 1.29 is 24.5 Å². The molecule has 2 unspecified atom stereocenters. The van der Waals surface area contributed by atoms with E-state index in [1.54, 1.807) is 0 Å². The van der Waals surface area contributed by atoms with E-state index in [2.05, 4.69) is 31.3 Å². The summed E-state index contributed by atoms with van der Waals surface area (Å²) in [5.74, 6) is -0.0512. The largest absolute Gasteiger partial charge is 0.466 e. The van der Waals surface area contributed by atoms with Gasteiger partial charge in [0.05, 0.1) is 25.4 Å². The van der Waals surface area contributed by atoms with Crippen LogP contribution in [0.2, 0.25) is 0 Å². The Morgan fingerprint density at radius 2 is 0.671 bits per heavy atom. The van der Waals surface area contributed by atoms with Crippen LogP contribution in [0.1, 0.15) is 361 Å². The van der Waals surface area contributed by atoms with E-state index < -0.39 is 12.1 Å². The average molecular weight is 989 g/mol. The van der Waals surface area contributed by atoms with Crippen molar-refractivity contribution in [2.75, 3.05) is 13.2 Å². The maximum absolute atomic E-state index is 12.5. The van der Waals surface area contributed by atoms with Gasteiger partial charge >= 0.3 is 5.97 Å². The van der Waals surface area contributed by atoms with Gasteiger partial charge < -0.3 is 20.3 Å². The quantitative estimate of drug-likeness (QED) is 0.0321. The van der Waals surface area contributed by atoms with Crippen LogP contribution in [0.15, 0.2) is 12.2 Å². The van der Waals surface area contributed by atoms with E-state index in [0.29, 0.717) is 25.9 Å². The lowest BCUT2D eigenvalue weighted by atomic mass is 10.0. The lowest BCUT2D eigenvalue weighted by molar-refractivity contribution is -0.143. The third kappa shape index (κ3) is 55.9. The molecular formula is C64H125NO5. The highest BCUT2D eigenvalue weighted by Gasteiger charge is 2.20. The Kier molecular flexibility index (Phi) is 59.0. The Hall–Kier alpha value is -1.40. The van der Waals surface area contributed by atoms with Crippen molar-refractivity contribution in [3.05, 3.63) is 12.2 Å². The number of carbonyl (C=O) groups is 2. The van der Waals surface area contributed by atoms with Crippen LogP contribution < -0.4 is 5.32 Å². The summed E-state index contributed by atoms with van der Waals surface area (Å²) in [5, 5.41) is 23.4. The van der Waals surface area contributed by atoms with Crippen LogP contribution in [-0.2, 0) is 14.3 Å². The Labute approximate surface area is 438 Å². The first kappa shape index (κ1) is 68.6. The van der Waals surface area contributed by atoms with E-state index in [0.717, 1.165) is 70.6 Å². The van der Waals surface area contributed by atoms with E-state index >= 15 is 0 Å². The molecule has 0 aliphatic heterocycles. The van der Waals surface area contributed by atoms with Gasteiger partial charge in [-0.2, -0.15) is 0 Å². The van der Waals surface area contributed by atoms with Gasteiger partial charge in [0, 0.05) is 12.8 Å². The molecule has 0 saturated carbocycles. The first-order valence-corrected chi connectivity index (χ1v) is 31.9. The van der Waals surface area contributed by atoms with E-state index in [4.69, 9.17) is 4.74 Å². The minimum atomic E-state index is -0.675. The first-order valence-electron chi connectivity index (χ1n) is 31.9. The second-order valence-electron chi connectivity index (χ2n) is 22.1. The molecular weight excluding hydrogens is 863 g/mol. The lowest BCUT2D eigenvalue weighted by Gasteiger charge is -2.22. The van der Waals surface area contributed by atoms with Gasteiger partial charge in [0.1, 0.15) is 0 Å². The van der Waals surface area contributed by atoms with Gasteiger partial charge in [-0.3, -0.25) is 9.59 Å². The number of aliphatic hydroxyl groups excluding tert-OH is 2. The van der Waals surface area contributed by atoms with Gasteiger partial charge in [-0.15, -0.1) is 0 Å². The predicted molar refractivity (Wildman–Crippen MR) is 306 cm³/mol. The number of nitrogens with one attached hydrogen (secondary N) is 1. The molecule has 3 N–H and O–H groups in total. The number of ether oxygens (including phenoxy) is 1. The molecule has 0 rings (SSSR count). The zero-order chi connectivity index (χ0) is 50.7. The van der Waals surface area contributed by atoms with Crippen LogP contribution in [0, 0.1) is 0 Å². The molecule has 70 heavy (non-hydrogen) atoms. The monoisotopic (exact) mass is 988 g/mol. The normalized spacial score (nSPS) is 12.6. The number of allylic oxidation sites excluding steroid dienone is 2. The molecule has 0 radical (unpaired) electrons. The molecule has 0 aliphatic rings. The number of esters is 1. The van der Waals surface area contributed by atoms with Gasteiger partial charge in [0.15, 0.2) is 0 Å². The Balaban J connectivity index is 3.45. The van der Waals surface area contributed by atoms with Crippen molar-refractivity contribution in [2.24, 2.45) is 0 Å². The van der Waals surface area contributed by atoms with Gasteiger partial charge in [0.2, 0.25) is 5.91 Å². The number of amides is 1. The Bertz CT molecular complexity index is 1050. The molecule has 0 saturated heterocycles. The summed E-state index contributed by atoms with van der Waals surface area (Å²) >= 11 is 0. The highest BCUT2D eigenvalue weighted by molar-refractivity contribution is 5.76. The molecule has 0 fully saturated rings. The van der Waals surface area contributed by atoms with Crippen molar-refractivity contribution in [1.29, 1.82) is 0 Å². The molecule has 416 valence electrons. The van der Waals surface area contributed by atoms with Crippen LogP contribution >= 0.6 is 0 Å². The van der Waals surface area contributed by atoms with E-state index in [1.165, 1.54) is 257 Å². The van der Waals surface area contributed by atoms with Gasteiger partial charge in [-0.05, 0) is 51.4 Å². The van der Waals surface area contributed by atoms with Crippen molar-refractivity contribution in [3.63, 3.8) is 0 Å². The number of rotatable bonds is 60. The molecule has 0 spiro atoms. The molecule has 6 heteroatoms. The van der Waals surface area contributed by atoms with Gasteiger partial charge in [0.25, 0.3) is 0 Å². The molecule has 0 bridgehead atoms. The number of aliphatic hydroxyl groups is 2. The van der Waals surface area contributed by atoms with Crippen molar-refractivity contribution in [1.82, 2.24) is 5.32 Å². The minimum absolute atomic E-state index is 0.00538. The zero-order valence-corrected chi connectivity index (χ0v) is 47.5. The van der Waals surface area contributed by atoms with Crippen LogP contribution in [0.5, 0.6) is 0 Å². The first-order chi connectivity index (χ1) is 34.5. The summed E-state index contributed by atoms with van der Waals surface area (Å²) in [6.07, 6.45) is 72.2. The fourth-order valence-corrected chi connectivity index (χ4v) is 10.2. The molecule has 0 heterocycles. The SMILES string of the molecule is CCCCCCCCCCCCCCCCCCCCCCCCC(O)C(CO)NC(=O)CCCCCCCCC/C=C\CCCCCCOC(=O)CCCCCCCCCCCCCCCCCC. The topological polar surface area (TPSA) is 95.9 Å². The molecule has 6 nitrogen and oxygen atoms in total. The fraction of sp³-hybridized carbons (Fsp3) is 0.938. The molecule has 2 atom stereocenters. The van der Waals surface area contributed by atoms with Gasteiger partial charge in [-0.1, -0.05) is 309 Å². The maximum Gasteiger partial charge on any atom is 0.305 e. The average Bonchev–Trinajstić information content (AvgIpc) is 3.36. The smallest absolute Gasteiger partial charge is 0.305 e. The molecule has 1 amide bonds. The number of hydrogen-bond acceptors (Lipinski definition) is 5. The van der Waals surface area contributed by atoms with Crippen molar-refractivity contribution in [2.45, 2.75) is 373 Å². The maximum atomic E-state index is 12.5. The minimum Gasteiger partial charge on any atom is -0.466 e. The number of carbonyl (C=O) groups excluding carboxylic acids is 2. The molecule has 0 aromatic heterocycles. The lowest BCUT2D eigenvalue weighted by Crippen LogP contribution is -2.45. The van der Waals surface area contributed by atoms with E-state index in [1.807, 2.05) is 0 Å². The standard InChI is InChI=1S/C64H125NO5/c1-3-5-7-9-11-13-15-17-19-21-22-23-24-25-26-28-32-36-40-44-48-52-56-62(67)61(60-66)65-63(68)57-53-49-45-41-37-33-29-27-31-35-39-43-47-51-55-59-70-64(69)58-54-50-46-42-38-34-30-20-18-16-14-12-10-8-6-4-2/h31,35,61-62,66-67H,3-30,32-34,36-60H2,1-2H3,(H,65,68)/b35-31-. The summed E-state index contributed by atoms with van der Waals surface area (Å²) in [4.78, 5) is 24.6. The van der Waals surface area contributed by atoms with Crippen molar-refractivity contribution in [3.8, 4) is 0 Å². The second-order valence-corrected chi connectivity index (χ2v) is 22.1. The Morgan fingerprint density at radius 3 is 1.01 bits per heavy atom. The number of hydrogen-bond donors (Lipinski definition) is 3. The highest BCUT2D eigenvalue weighted by atomic mass is 16.5. The van der Waals surface area contributed by atoms with Crippen molar-refractivity contribution >= 4 is 11.9 Å². The highest BCUT2D eigenvalue weighted by Crippen LogP contribution is 2.18. The zero-order valence-electron chi connectivity index (χ0n) is 47.5. The van der Waals surface area contributed by atoms with Crippen LogP contribution in [0.25, 0.3) is 0 Å². The summed E-state index contributed by atoms with van der Waals surface area (Å²) in [6, 6.07) is -0.553.